The van der Waals surface area contributed by atoms with Crippen LogP contribution in [0.15, 0.2) is 24.3 Å². The molecule has 2 fully saturated rings. The van der Waals surface area contributed by atoms with Gasteiger partial charge in [0.15, 0.2) is 0 Å². The Hall–Kier alpha value is -1.46. The topological polar surface area (TPSA) is 61.4 Å². The van der Waals surface area contributed by atoms with Gasteiger partial charge in [-0.25, -0.2) is 0 Å². The number of nitrogens with one attached hydrogen (secondary N) is 2. The average Bonchev–Trinajstić information content (AvgIpc) is 3.17. The van der Waals surface area contributed by atoms with Crippen molar-refractivity contribution < 1.29 is 9.59 Å². The summed E-state index contributed by atoms with van der Waals surface area (Å²) < 4.78 is 0. The van der Waals surface area contributed by atoms with E-state index in [4.69, 9.17) is 23.2 Å². The fraction of sp³-hybridized carbons (Fsp3) is 0.600. The number of piperidine rings is 1. The molecule has 0 atom stereocenters. The van der Waals surface area contributed by atoms with Crippen LogP contribution in [0, 0.1) is 5.92 Å². The Morgan fingerprint density at radius 1 is 1.11 bits per heavy atom. The number of hydrogen-bond acceptors (Lipinski definition) is 3. The van der Waals surface area contributed by atoms with Crippen molar-refractivity contribution in [2.24, 2.45) is 5.92 Å². The Balaban J connectivity index is 1.59. The summed E-state index contributed by atoms with van der Waals surface area (Å²) in [5.74, 6) is 0.478. The SMILES string of the molecule is O=C(CCl)NCC1CCN(C(=O)C2(Nc3ccc(Cl)cc3)CCCC2)CC1. The van der Waals surface area contributed by atoms with E-state index < -0.39 is 5.54 Å². The third-order valence-electron chi connectivity index (χ3n) is 5.71. The van der Waals surface area contributed by atoms with Crippen molar-refractivity contribution in [2.45, 2.75) is 44.1 Å². The van der Waals surface area contributed by atoms with Gasteiger partial charge in [0.25, 0.3) is 0 Å². The lowest BCUT2D eigenvalue weighted by Gasteiger charge is -2.39. The number of benzene rings is 1. The maximum absolute atomic E-state index is 13.4. The Morgan fingerprint density at radius 2 is 1.74 bits per heavy atom. The van der Waals surface area contributed by atoms with E-state index in [-0.39, 0.29) is 17.7 Å². The molecule has 3 rings (SSSR count). The quantitative estimate of drug-likeness (QED) is 0.702. The monoisotopic (exact) mass is 411 g/mol. The van der Waals surface area contributed by atoms with E-state index in [9.17, 15) is 9.59 Å². The number of likely N-dealkylation sites (tertiary alicyclic amines) is 1. The standard InChI is InChI=1S/C20H27Cl2N3O2/c21-13-18(26)23-14-15-7-11-25(12-8-15)19(27)20(9-1-2-10-20)24-17-5-3-16(22)4-6-17/h3-6,15,24H,1-2,7-14H2,(H,23,26). The van der Waals surface area contributed by atoms with Crippen LogP contribution in [0.1, 0.15) is 38.5 Å². The van der Waals surface area contributed by atoms with Crippen LogP contribution in [-0.4, -0.2) is 47.8 Å². The molecule has 1 aromatic rings. The van der Waals surface area contributed by atoms with Gasteiger partial charge in [-0.15, -0.1) is 11.6 Å². The first-order valence-electron chi connectivity index (χ1n) is 9.68. The van der Waals surface area contributed by atoms with E-state index in [1.807, 2.05) is 29.2 Å². The van der Waals surface area contributed by atoms with E-state index >= 15 is 0 Å². The van der Waals surface area contributed by atoms with E-state index in [1.165, 1.54) is 0 Å². The van der Waals surface area contributed by atoms with Crippen LogP contribution in [0.2, 0.25) is 5.02 Å². The molecule has 1 heterocycles. The molecular weight excluding hydrogens is 385 g/mol. The second kappa shape index (κ2) is 9.16. The van der Waals surface area contributed by atoms with Crippen molar-refractivity contribution in [3.8, 4) is 0 Å². The maximum atomic E-state index is 13.4. The van der Waals surface area contributed by atoms with Crippen molar-refractivity contribution in [1.82, 2.24) is 10.2 Å². The number of nitrogens with zero attached hydrogens (tertiary/aromatic N) is 1. The smallest absolute Gasteiger partial charge is 0.248 e. The molecule has 148 valence electrons. The Labute approximate surface area is 170 Å². The first kappa shape index (κ1) is 20.3. The fourth-order valence-electron chi connectivity index (χ4n) is 4.13. The minimum atomic E-state index is -0.506. The van der Waals surface area contributed by atoms with Crippen molar-refractivity contribution >= 4 is 40.7 Å². The Morgan fingerprint density at radius 3 is 2.33 bits per heavy atom. The summed E-state index contributed by atoms with van der Waals surface area (Å²) >= 11 is 11.5. The molecular formula is C20H27Cl2N3O2. The molecule has 0 radical (unpaired) electrons. The third-order valence-corrected chi connectivity index (χ3v) is 6.20. The molecule has 0 bridgehead atoms. The van der Waals surface area contributed by atoms with E-state index in [2.05, 4.69) is 10.6 Å². The zero-order chi connectivity index (χ0) is 19.3. The summed E-state index contributed by atoms with van der Waals surface area (Å²) in [5, 5.41) is 7.05. The third kappa shape index (κ3) is 5.08. The number of alkyl halides is 1. The van der Waals surface area contributed by atoms with Gasteiger partial charge in [-0.3, -0.25) is 9.59 Å². The zero-order valence-electron chi connectivity index (χ0n) is 15.5. The lowest BCUT2D eigenvalue weighted by Crippen LogP contribution is -2.54. The van der Waals surface area contributed by atoms with E-state index in [0.29, 0.717) is 17.5 Å². The number of halogens is 2. The van der Waals surface area contributed by atoms with Crippen LogP contribution >= 0.6 is 23.2 Å². The molecule has 1 aliphatic carbocycles. The van der Waals surface area contributed by atoms with Crippen molar-refractivity contribution in [3.63, 3.8) is 0 Å². The fourth-order valence-corrected chi connectivity index (χ4v) is 4.35. The number of hydrogen-bond donors (Lipinski definition) is 2. The van der Waals surface area contributed by atoms with Gasteiger partial charge in [0.1, 0.15) is 11.4 Å². The molecule has 1 aliphatic heterocycles. The number of carbonyl (C=O) groups excluding carboxylic acids is 2. The molecule has 1 aromatic carbocycles. The number of carbonyl (C=O) groups is 2. The van der Waals surface area contributed by atoms with Gasteiger partial charge in [0.05, 0.1) is 0 Å². The Bertz CT molecular complexity index is 652. The molecule has 2 aliphatic rings. The van der Waals surface area contributed by atoms with Crippen LogP contribution in [0.4, 0.5) is 5.69 Å². The van der Waals surface area contributed by atoms with Crippen molar-refractivity contribution in [3.05, 3.63) is 29.3 Å². The molecule has 7 heteroatoms. The largest absolute Gasteiger partial charge is 0.371 e. The molecule has 0 aromatic heterocycles. The van der Waals surface area contributed by atoms with Gasteiger partial charge < -0.3 is 15.5 Å². The minimum absolute atomic E-state index is 0.00375. The molecule has 1 saturated heterocycles. The summed E-state index contributed by atoms with van der Waals surface area (Å²) in [4.78, 5) is 26.7. The first-order valence-corrected chi connectivity index (χ1v) is 10.6. The van der Waals surface area contributed by atoms with Gasteiger partial charge >= 0.3 is 0 Å². The second-order valence-corrected chi connectivity index (χ2v) is 8.30. The van der Waals surface area contributed by atoms with Gasteiger partial charge in [-0.2, -0.15) is 0 Å². The number of rotatable bonds is 6. The normalized spacial score (nSPS) is 19.7. The van der Waals surface area contributed by atoms with Gasteiger partial charge in [-0.05, 0) is 55.9 Å². The summed E-state index contributed by atoms with van der Waals surface area (Å²) in [7, 11) is 0. The molecule has 27 heavy (non-hydrogen) atoms. The summed E-state index contributed by atoms with van der Waals surface area (Å²) in [6.07, 6.45) is 5.66. The van der Waals surface area contributed by atoms with Crippen molar-refractivity contribution in [1.29, 1.82) is 0 Å². The van der Waals surface area contributed by atoms with Crippen LogP contribution in [0.25, 0.3) is 0 Å². The number of anilines is 1. The summed E-state index contributed by atoms with van der Waals surface area (Å²) in [6.45, 7) is 2.12. The molecule has 2 amide bonds. The summed E-state index contributed by atoms with van der Waals surface area (Å²) in [6, 6.07) is 7.55. The maximum Gasteiger partial charge on any atom is 0.248 e. The van der Waals surface area contributed by atoms with Crippen molar-refractivity contribution in [2.75, 3.05) is 30.8 Å². The molecule has 2 N–H and O–H groups in total. The predicted octanol–water partition coefficient (Wildman–Crippen LogP) is 3.66. The van der Waals surface area contributed by atoms with E-state index in [1.54, 1.807) is 0 Å². The van der Waals surface area contributed by atoms with Crippen LogP contribution in [0.5, 0.6) is 0 Å². The van der Waals surface area contributed by atoms with Gasteiger partial charge in [0.2, 0.25) is 11.8 Å². The summed E-state index contributed by atoms with van der Waals surface area (Å²) in [5.41, 5.74) is 0.432. The van der Waals surface area contributed by atoms with Crippen LogP contribution in [-0.2, 0) is 9.59 Å². The van der Waals surface area contributed by atoms with Crippen LogP contribution < -0.4 is 10.6 Å². The molecule has 1 saturated carbocycles. The molecule has 5 nitrogen and oxygen atoms in total. The zero-order valence-corrected chi connectivity index (χ0v) is 17.0. The Kier molecular flexibility index (Phi) is 6.88. The van der Waals surface area contributed by atoms with Gasteiger partial charge in [0, 0.05) is 30.3 Å². The minimum Gasteiger partial charge on any atom is -0.371 e. The van der Waals surface area contributed by atoms with Crippen LogP contribution in [0.3, 0.4) is 0 Å². The highest BCUT2D eigenvalue weighted by Crippen LogP contribution is 2.36. The molecule has 0 spiro atoms. The first-order chi connectivity index (χ1) is 13.0. The highest BCUT2D eigenvalue weighted by Gasteiger charge is 2.44. The average molecular weight is 412 g/mol. The highest BCUT2D eigenvalue weighted by molar-refractivity contribution is 6.30. The highest BCUT2D eigenvalue weighted by atomic mass is 35.5. The van der Waals surface area contributed by atoms with E-state index in [0.717, 1.165) is 57.3 Å². The predicted molar refractivity (Wildman–Crippen MR) is 109 cm³/mol. The van der Waals surface area contributed by atoms with Gasteiger partial charge in [-0.1, -0.05) is 24.4 Å². The molecule has 0 unspecified atom stereocenters. The number of amides is 2. The second-order valence-electron chi connectivity index (χ2n) is 7.59. The lowest BCUT2D eigenvalue weighted by atomic mass is 9.91. The lowest BCUT2D eigenvalue weighted by molar-refractivity contribution is -0.137.